The van der Waals surface area contributed by atoms with Gasteiger partial charge in [-0.05, 0) is 25.1 Å². The molecule has 0 spiro atoms. The molecule has 26 heavy (non-hydrogen) atoms. The Bertz CT molecular complexity index is 732. The van der Waals surface area contributed by atoms with E-state index in [-0.39, 0.29) is 16.8 Å². The SMILES string of the molecule is CCN(CC)S(=O)(=O)c1ccc(Cl)c(NC(=O)[C@H](C)[NH+]2CCOCC2)c1. The van der Waals surface area contributed by atoms with Crippen molar-refractivity contribution in [2.75, 3.05) is 44.7 Å². The molecule has 0 bridgehead atoms. The van der Waals surface area contributed by atoms with Crippen molar-refractivity contribution in [1.82, 2.24) is 4.31 Å². The summed E-state index contributed by atoms with van der Waals surface area (Å²) in [4.78, 5) is 13.8. The second-order valence-electron chi connectivity index (χ2n) is 6.21. The number of rotatable bonds is 7. The fourth-order valence-electron chi connectivity index (χ4n) is 2.97. The lowest BCUT2D eigenvalue weighted by molar-refractivity contribution is -0.921. The summed E-state index contributed by atoms with van der Waals surface area (Å²) in [7, 11) is -3.62. The Balaban J connectivity index is 2.20. The molecule has 1 aromatic rings. The van der Waals surface area contributed by atoms with Crippen LogP contribution in [0.5, 0.6) is 0 Å². The second kappa shape index (κ2) is 9.14. The fraction of sp³-hybridized carbons (Fsp3) is 0.588. The van der Waals surface area contributed by atoms with Crippen molar-refractivity contribution >= 4 is 33.2 Å². The van der Waals surface area contributed by atoms with Crippen molar-refractivity contribution in [3.05, 3.63) is 23.2 Å². The van der Waals surface area contributed by atoms with Crippen molar-refractivity contribution in [1.29, 1.82) is 0 Å². The standard InChI is InChI=1S/C17H26ClN3O4S/c1-4-21(5-2)26(23,24)14-6-7-15(18)16(12-14)19-17(22)13(3)20-8-10-25-11-9-20/h6-7,12-13H,4-5,8-11H2,1-3H3,(H,19,22)/p+1/t13-/m0/s1. The number of nitrogens with one attached hydrogen (secondary N) is 2. The van der Waals surface area contributed by atoms with Crippen LogP contribution in [0.1, 0.15) is 20.8 Å². The van der Waals surface area contributed by atoms with Gasteiger partial charge in [-0.1, -0.05) is 25.4 Å². The maximum atomic E-state index is 12.7. The van der Waals surface area contributed by atoms with Crippen molar-refractivity contribution in [3.8, 4) is 0 Å². The molecular weight excluding hydrogens is 378 g/mol. The molecule has 1 fully saturated rings. The molecule has 1 saturated heterocycles. The highest BCUT2D eigenvalue weighted by atomic mass is 35.5. The van der Waals surface area contributed by atoms with Gasteiger partial charge >= 0.3 is 0 Å². The van der Waals surface area contributed by atoms with E-state index in [1.807, 2.05) is 6.92 Å². The molecule has 1 aromatic carbocycles. The number of nitrogens with zero attached hydrogens (tertiary/aromatic N) is 1. The largest absolute Gasteiger partial charge is 0.370 e. The van der Waals surface area contributed by atoms with Crippen molar-refractivity contribution in [2.45, 2.75) is 31.7 Å². The summed E-state index contributed by atoms with van der Waals surface area (Å²) < 4.78 is 32.0. The second-order valence-corrected chi connectivity index (χ2v) is 8.56. The van der Waals surface area contributed by atoms with Crippen LogP contribution in [0, 0.1) is 0 Å². The summed E-state index contributed by atoms with van der Waals surface area (Å²) >= 11 is 6.18. The Morgan fingerprint density at radius 2 is 1.92 bits per heavy atom. The van der Waals surface area contributed by atoms with Gasteiger partial charge in [-0.25, -0.2) is 8.42 Å². The highest BCUT2D eigenvalue weighted by Gasteiger charge is 2.28. The van der Waals surface area contributed by atoms with E-state index in [1.54, 1.807) is 13.8 Å². The number of anilines is 1. The summed E-state index contributed by atoms with van der Waals surface area (Å²) in [6.07, 6.45) is 0. The number of sulfonamides is 1. The number of carbonyl (C=O) groups is 1. The van der Waals surface area contributed by atoms with E-state index in [1.165, 1.54) is 22.5 Å². The minimum absolute atomic E-state index is 0.118. The number of ether oxygens (including phenoxy) is 1. The van der Waals surface area contributed by atoms with E-state index in [2.05, 4.69) is 5.32 Å². The minimum atomic E-state index is -3.62. The first-order valence-corrected chi connectivity index (χ1v) is 10.7. The van der Waals surface area contributed by atoms with Gasteiger partial charge in [-0.2, -0.15) is 4.31 Å². The van der Waals surface area contributed by atoms with Crippen LogP contribution < -0.4 is 10.2 Å². The van der Waals surface area contributed by atoms with Gasteiger partial charge in [0, 0.05) is 13.1 Å². The third-order valence-electron chi connectivity index (χ3n) is 4.68. The van der Waals surface area contributed by atoms with Gasteiger partial charge in [0.1, 0.15) is 13.1 Å². The predicted molar refractivity (Wildman–Crippen MR) is 101 cm³/mol. The lowest BCUT2D eigenvalue weighted by Crippen LogP contribution is -3.18. The molecule has 0 radical (unpaired) electrons. The first-order chi connectivity index (χ1) is 12.3. The van der Waals surface area contributed by atoms with Gasteiger partial charge in [0.25, 0.3) is 5.91 Å². The average molecular weight is 405 g/mol. The Morgan fingerprint density at radius 1 is 1.31 bits per heavy atom. The Morgan fingerprint density at radius 3 is 2.50 bits per heavy atom. The van der Waals surface area contributed by atoms with Crippen LogP contribution in [0.25, 0.3) is 0 Å². The molecule has 0 aromatic heterocycles. The Kier molecular flexibility index (Phi) is 7.42. The summed E-state index contributed by atoms with van der Waals surface area (Å²) in [6, 6.07) is 4.11. The van der Waals surface area contributed by atoms with Crippen LogP contribution >= 0.6 is 11.6 Å². The number of hydrogen-bond donors (Lipinski definition) is 2. The molecule has 2 rings (SSSR count). The Labute approximate surface area is 160 Å². The molecule has 146 valence electrons. The van der Waals surface area contributed by atoms with E-state index >= 15 is 0 Å². The molecule has 9 heteroatoms. The molecule has 1 aliphatic heterocycles. The van der Waals surface area contributed by atoms with E-state index in [0.29, 0.717) is 37.0 Å². The molecule has 0 saturated carbocycles. The summed E-state index contributed by atoms with van der Waals surface area (Å²) in [5.74, 6) is -0.193. The number of halogens is 1. The van der Waals surface area contributed by atoms with E-state index < -0.39 is 10.0 Å². The van der Waals surface area contributed by atoms with Gasteiger partial charge in [0.2, 0.25) is 10.0 Å². The Hall–Kier alpha value is -1.19. The average Bonchev–Trinajstić information content (AvgIpc) is 2.64. The third kappa shape index (κ3) is 4.75. The number of amides is 1. The van der Waals surface area contributed by atoms with Crippen LogP contribution in [0.4, 0.5) is 5.69 Å². The molecule has 7 nitrogen and oxygen atoms in total. The molecular formula is C17H27ClN3O4S+. The highest BCUT2D eigenvalue weighted by Crippen LogP contribution is 2.27. The van der Waals surface area contributed by atoms with Gasteiger partial charge < -0.3 is 15.0 Å². The number of carbonyl (C=O) groups excluding carboxylic acids is 1. The van der Waals surface area contributed by atoms with Crippen molar-refractivity contribution < 1.29 is 22.8 Å². The lowest BCUT2D eigenvalue weighted by Gasteiger charge is -2.28. The van der Waals surface area contributed by atoms with Crippen LogP contribution in [-0.2, 0) is 19.6 Å². The van der Waals surface area contributed by atoms with Gasteiger partial charge in [-0.3, -0.25) is 4.79 Å². The maximum Gasteiger partial charge on any atom is 0.282 e. The smallest absolute Gasteiger partial charge is 0.282 e. The minimum Gasteiger partial charge on any atom is -0.370 e. The van der Waals surface area contributed by atoms with E-state index in [4.69, 9.17) is 16.3 Å². The van der Waals surface area contributed by atoms with E-state index in [9.17, 15) is 13.2 Å². The third-order valence-corrected chi connectivity index (χ3v) is 7.06. The number of quaternary nitrogens is 1. The van der Waals surface area contributed by atoms with Gasteiger partial charge in [0.05, 0.1) is 28.8 Å². The summed E-state index contributed by atoms with van der Waals surface area (Å²) in [5.41, 5.74) is 0.310. The lowest BCUT2D eigenvalue weighted by atomic mass is 10.2. The zero-order chi connectivity index (χ0) is 19.3. The molecule has 0 unspecified atom stereocenters. The van der Waals surface area contributed by atoms with Crippen LogP contribution in [-0.4, -0.2) is 64.1 Å². The molecule has 2 N–H and O–H groups in total. The maximum absolute atomic E-state index is 12.7. The summed E-state index contributed by atoms with van der Waals surface area (Å²) in [6.45, 7) is 8.95. The van der Waals surface area contributed by atoms with Gasteiger partial charge in [-0.15, -0.1) is 0 Å². The zero-order valence-corrected chi connectivity index (χ0v) is 17.0. The number of hydrogen-bond acceptors (Lipinski definition) is 4. The normalized spacial score (nSPS) is 17.3. The van der Waals surface area contributed by atoms with E-state index in [0.717, 1.165) is 18.0 Å². The van der Waals surface area contributed by atoms with Crippen LogP contribution in [0.15, 0.2) is 23.1 Å². The quantitative estimate of drug-likeness (QED) is 0.698. The molecule has 1 aliphatic rings. The molecule has 1 atom stereocenters. The fourth-order valence-corrected chi connectivity index (χ4v) is 4.62. The highest BCUT2D eigenvalue weighted by molar-refractivity contribution is 7.89. The number of benzene rings is 1. The number of morpholine rings is 1. The first-order valence-electron chi connectivity index (χ1n) is 8.84. The topological polar surface area (TPSA) is 80.2 Å². The zero-order valence-electron chi connectivity index (χ0n) is 15.4. The first kappa shape index (κ1) is 21.1. The molecule has 1 amide bonds. The predicted octanol–water partition coefficient (Wildman–Crippen LogP) is 0.613. The molecule has 0 aliphatic carbocycles. The molecule has 1 heterocycles. The van der Waals surface area contributed by atoms with Crippen molar-refractivity contribution in [3.63, 3.8) is 0 Å². The van der Waals surface area contributed by atoms with Crippen LogP contribution in [0.2, 0.25) is 5.02 Å². The van der Waals surface area contributed by atoms with Crippen molar-refractivity contribution in [2.24, 2.45) is 0 Å². The van der Waals surface area contributed by atoms with Crippen LogP contribution in [0.3, 0.4) is 0 Å². The van der Waals surface area contributed by atoms with Gasteiger partial charge in [0.15, 0.2) is 6.04 Å². The monoisotopic (exact) mass is 404 g/mol. The summed E-state index contributed by atoms with van der Waals surface area (Å²) in [5, 5.41) is 3.09.